The van der Waals surface area contributed by atoms with Crippen LogP contribution in [0.2, 0.25) is 0 Å². The molecule has 1 heterocycles. The van der Waals surface area contributed by atoms with Crippen LogP contribution in [0, 0.1) is 17.0 Å². The van der Waals surface area contributed by atoms with Gasteiger partial charge in [0.1, 0.15) is 27.7 Å². The highest BCUT2D eigenvalue weighted by molar-refractivity contribution is 8.15. The Morgan fingerprint density at radius 3 is 2.67 bits per heavy atom. The van der Waals surface area contributed by atoms with Gasteiger partial charge in [0, 0.05) is 26.3 Å². The number of benzene rings is 2. The van der Waals surface area contributed by atoms with Gasteiger partial charge in [0.15, 0.2) is 5.96 Å². The summed E-state index contributed by atoms with van der Waals surface area (Å²) in [6, 6.07) is 12.5. The lowest BCUT2D eigenvalue weighted by atomic mass is 9.99. The van der Waals surface area contributed by atoms with Crippen molar-refractivity contribution in [2.45, 2.75) is 30.7 Å². The zero-order valence-corrected chi connectivity index (χ0v) is 19.5. The van der Waals surface area contributed by atoms with Crippen LogP contribution >= 0.6 is 11.8 Å². The van der Waals surface area contributed by atoms with Gasteiger partial charge in [-0.25, -0.2) is 13.8 Å². The van der Waals surface area contributed by atoms with E-state index in [9.17, 15) is 13.6 Å². The van der Waals surface area contributed by atoms with Crippen molar-refractivity contribution >= 4 is 28.7 Å². The van der Waals surface area contributed by atoms with E-state index in [4.69, 9.17) is 10.1 Å². The molecular weight excluding hydrogens is 448 g/mol. The highest BCUT2D eigenvalue weighted by Crippen LogP contribution is 2.50. The smallest absolute Gasteiger partial charge is 0.273 e. The number of nitrogens with one attached hydrogen (secondary N) is 3. The predicted molar refractivity (Wildman–Crippen MR) is 126 cm³/mol. The molecule has 0 saturated carbocycles. The van der Waals surface area contributed by atoms with Crippen molar-refractivity contribution in [1.82, 2.24) is 15.6 Å². The van der Waals surface area contributed by atoms with Crippen molar-refractivity contribution in [3.05, 3.63) is 71.3 Å². The van der Waals surface area contributed by atoms with Crippen LogP contribution in [0.25, 0.3) is 0 Å². The first-order chi connectivity index (χ1) is 15.8. The molecule has 1 unspecified atom stereocenters. The molecule has 33 heavy (non-hydrogen) atoms. The number of hydrazone groups is 1. The van der Waals surface area contributed by atoms with Gasteiger partial charge in [-0.05, 0) is 43.5 Å². The molecule has 7 nitrogen and oxygen atoms in total. The highest BCUT2D eigenvalue weighted by atomic mass is 32.2. The highest BCUT2D eigenvalue weighted by Gasteiger charge is 2.49. The average Bonchev–Trinajstić information content (AvgIpc) is 3.23. The molecule has 2 atom stereocenters. The predicted octanol–water partition coefficient (Wildman–Crippen LogP) is 3.61. The van der Waals surface area contributed by atoms with Gasteiger partial charge in [0.05, 0.1) is 0 Å². The SMILES string of the molecule is CNC(=N)NCCCC1(c2ccccc2)SC(c2cc(F)ccc2F)=NN1C(=O)[C@H](C)OC. The second-order valence-electron chi connectivity index (χ2n) is 7.47. The maximum atomic E-state index is 14.6. The number of carbonyl (C=O) groups is 1. The van der Waals surface area contributed by atoms with Crippen LogP contribution in [0.3, 0.4) is 0 Å². The quantitative estimate of drug-likeness (QED) is 0.308. The van der Waals surface area contributed by atoms with Crippen LogP contribution in [0.4, 0.5) is 8.78 Å². The molecule has 1 aliphatic rings. The van der Waals surface area contributed by atoms with Gasteiger partial charge < -0.3 is 15.4 Å². The molecule has 0 aliphatic carbocycles. The third-order valence-electron chi connectivity index (χ3n) is 5.34. The number of guanidine groups is 1. The number of carbonyl (C=O) groups excluding carboxylic acids is 1. The van der Waals surface area contributed by atoms with Gasteiger partial charge in [-0.3, -0.25) is 10.2 Å². The van der Waals surface area contributed by atoms with E-state index in [0.29, 0.717) is 19.4 Å². The second-order valence-corrected chi connectivity index (χ2v) is 8.73. The fraction of sp³-hybridized carbons (Fsp3) is 0.348. The minimum Gasteiger partial charge on any atom is -0.372 e. The number of rotatable bonds is 8. The molecule has 10 heteroatoms. The molecule has 0 radical (unpaired) electrons. The second kappa shape index (κ2) is 10.8. The number of hydrogen-bond donors (Lipinski definition) is 3. The number of nitrogens with zero attached hydrogens (tertiary/aromatic N) is 2. The minimum absolute atomic E-state index is 0.00392. The summed E-state index contributed by atoms with van der Waals surface area (Å²) in [5.41, 5.74) is 0.793. The summed E-state index contributed by atoms with van der Waals surface area (Å²) in [4.78, 5) is 12.3. The molecule has 0 bridgehead atoms. The Bertz CT molecular complexity index is 1040. The summed E-state index contributed by atoms with van der Waals surface area (Å²) < 4.78 is 33.8. The topological polar surface area (TPSA) is 89.8 Å². The van der Waals surface area contributed by atoms with E-state index in [1.54, 1.807) is 14.0 Å². The van der Waals surface area contributed by atoms with E-state index in [-0.39, 0.29) is 16.6 Å². The summed E-state index contributed by atoms with van der Waals surface area (Å²) in [5, 5.41) is 19.4. The van der Waals surface area contributed by atoms with Crippen LogP contribution in [-0.4, -0.2) is 48.7 Å². The molecule has 1 aliphatic heterocycles. The zero-order valence-electron chi connectivity index (χ0n) is 18.7. The van der Waals surface area contributed by atoms with Crippen molar-refractivity contribution in [2.24, 2.45) is 5.10 Å². The van der Waals surface area contributed by atoms with Crippen molar-refractivity contribution < 1.29 is 18.3 Å². The zero-order chi connectivity index (χ0) is 24.0. The Hall–Kier alpha value is -2.98. The average molecular weight is 476 g/mol. The first-order valence-electron chi connectivity index (χ1n) is 10.5. The number of ether oxygens (including phenoxy) is 1. The van der Waals surface area contributed by atoms with E-state index in [1.165, 1.54) is 23.9 Å². The first-order valence-corrected chi connectivity index (χ1v) is 11.3. The van der Waals surface area contributed by atoms with Crippen molar-refractivity contribution in [3.63, 3.8) is 0 Å². The van der Waals surface area contributed by atoms with Gasteiger partial charge in [0.25, 0.3) is 5.91 Å². The Balaban J connectivity index is 2.05. The number of halogens is 2. The fourth-order valence-electron chi connectivity index (χ4n) is 3.48. The summed E-state index contributed by atoms with van der Waals surface area (Å²) in [5.74, 6) is -1.42. The monoisotopic (exact) mass is 475 g/mol. The van der Waals surface area contributed by atoms with E-state index in [2.05, 4.69) is 15.7 Å². The molecule has 0 spiro atoms. The van der Waals surface area contributed by atoms with E-state index < -0.39 is 28.5 Å². The molecule has 1 amide bonds. The van der Waals surface area contributed by atoms with Gasteiger partial charge in [0.2, 0.25) is 0 Å². The van der Waals surface area contributed by atoms with Crippen LogP contribution in [-0.2, 0) is 14.4 Å². The summed E-state index contributed by atoms with van der Waals surface area (Å²) in [6.07, 6.45) is 0.230. The van der Waals surface area contributed by atoms with E-state index in [0.717, 1.165) is 23.8 Å². The summed E-state index contributed by atoms with van der Waals surface area (Å²) in [7, 11) is 3.08. The van der Waals surface area contributed by atoms with Crippen LogP contribution in [0.5, 0.6) is 0 Å². The van der Waals surface area contributed by atoms with Crippen molar-refractivity contribution in [2.75, 3.05) is 20.7 Å². The lowest BCUT2D eigenvalue weighted by Gasteiger charge is -2.37. The van der Waals surface area contributed by atoms with E-state index in [1.807, 2.05) is 30.3 Å². The van der Waals surface area contributed by atoms with Crippen molar-refractivity contribution in [1.29, 1.82) is 5.41 Å². The number of hydrogen-bond acceptors (Lipinski definition) is 5. The Labute approximate surface area is 196 Å². The third-order valence-corrected chi connectivity index (χ3v) is 6.78. The Morgan fingerprint density at radius 1 is 1.27 bits per heavy atom. The molecule has 3 rings (SSSR count). The maximum Gasteiger partial charge on any atom is 0.273 e. The van der Waals surface area contributed by atoms with E-state index >= 15 is 0 Å². The molecule has 0 saturated heterocycles. The van der Waals surface area contributed by atoms with Gasteiger partial charge in [-0.15, -0.1) is 0 Å². The molecule has 2 aromatic rings. The van der Waals surface area contributed by atoms with Gasteiger partial charge >= 0.3 is 0 Å². The normalized spacial score (nSPS) is 18.6. The molecule has 0 fully saturated rings. The lowest BCUT2D eigenvalue weighted by molar-refractivity contribution is -0.144. The van der Waals surface area contributed by atoms with Crippen LogP contribution in [0.15, 0.2) is 53.6 Å². The van der Waals surface area contributed by atoms with Crippen LogP contribution < -0.4 is 10.6 Å². The summed E-state index contributed by atoms with van der Waals surface area (Å²) >= 11 is 1.21. The number of thioether (sulfide) groups is 1. The Morgan fingerprint density at radius 2 is 2.00 bits per heavy atom. The number of methoxy groups -OCH3 is 1. The molecule has 2 aromatic carbocycles. The molecule has 3 N–H and O–H groups in total. The summed E-state index contributed by atoms with van der Waals surface area (Å²) in [6.45, 7) is 2.09. The van der Waals surface area contributed by atoms with Gasteiger partial charge in [-0.2, -0.15) is 5.10 Å². The first kappa shape index (κ1) is 24.7. The fourth-order valence-corrected chi connectivity index (χ4v) is 4.90. The standard InChI is InChI=1S/C23H27F2N5O2S/c1-15(32-3)21(31)30-23(16-8-5-4-6-9-16,12-7-13-28-22(26)27-2)33-20(29-30)18-14-17(24)10-11-19(18)25/h4-6,8-11,14-15H,7,12-13H2,1-3H3,(H3,26,27,28)/t15-,23?/m0/s1. The minimum atomic E-state index is -0.997. The van der Waals surface area contributed by atoms with Crippen LogP contribution in [0.1, 0.15) is 30.9 Å². The largest absolute Gasteiger partial charge is 0.372 e. The molecule has 176 valence electrons. The molecular formula is C23H27F2N5O2S. The van der Waals surface area contributed by atoms with Gasteiger partial charge in [-0.1, -0.05) is 42.1 Å². The lowest BCUT2D eigenvalue weighted by Crippen LogP contribution is -2.46. The molecule has 0 aromatic heterocycles. The third kappa shape index (κ3) is 5.33. The maximum absolute atomic E-state index is 14.6. The Kier molecular flexibility index (Phi) is 8.04. The number of amides is 1. The van der Waals surface area contributed by atoms with Crippen molar-refractivity contribution in [3.8, 4) is 0 Å².